The molecular formula is C11H10BrN. The van der Waals surface area contributed by atoms with Gasteiger partial charge in [-0.25, -0.2) is 0 Å². The Morgan fingerprint density at radius 1 is 1.38 bits per heavy atom. The minimum absolute atomic E-state index is 0.0378. The molecule has 0 aliphatic heterocycles. The lowest BCUT2D eigenvalue weighted by molar-refractivity contribution is 0.663. The van der Waals surface area contributed by atoms with Gasteiger partial charge in [-0.05, 0) is 30.9 Å². The standard InChI is InChI=1S/C11H10BrN/c12-10-4-2-1-3-9(10)7-11(8-13)5-6-11/h1-4H,5-7H2. The van der Waals surface area contributed by atoms with E-state index < -0.39 is 0 Å². The zero-order valence-electron chi connectivity index (χ0n) is 7.26. The molecule has 0 atom stereocenters. The van der Waals surface area contributed by atoms with Gasteiger partial charge in [0.15, 0.2) is 0 Å². The van der Waals surface area contributed by atoms with E-state index in [0.29, 0.717) is 0 Å². The van der Waals surface area contributed by atoms with Crippen molar-refractivity contribution in [2.45, 2.75) is 19.3 Å². The van der Waals surface area contributed by atoms with Crippen molar-refractivity contribution in [1.82, 2.24) is 0 Å². The molecule has 0 spiro atoms. The molecule has 0 saturated heterocycles. The molecule has 0 N–H and O–H groups in total. The number of nitrogens with zero attached hydrogens (tertiary/aromatic N) is 1. The van der Waals surface area contributed by atoms with Crippen molar-refractivity contribution in [1.29, 1.82) is 5.26 Å². The van der Waals surface area contributed by atoms with Gasteiger partial charge >= 0.3 is 0 Å². The lowest BCUT2D eigenvalue weighted by Gasteiger charge is -2.06. The molecule has 0 amide bonds. The van der Waals surface area contributed by atoms with Crippen LogP contribution in [0.15, 0.2) is 28.7 Å². The highest BCUT2D eigenvalue weighted by Crippen LogP contribution is 2.48. The highest BCUT2D eigenvalue weighted by atomic mass is 79.9. The van der Waals surface area contributed by atoms with Gasteiger partial charge in [0.05, 0.1) is 11.5 Å². The average molecular weight is 236 g/mol. The van der Waals surface area contributed by atoms with Crippen LogP contribution in [0.2, 0.25) is 0 Å². The minimum Gasteiger partial charge on any atom is -0.198 e. The Morgan fingerprint density at radius 3 is 2.62 bits per heavy atom. The highest BCUT2D eigenvalue weighted by molar-refractivity contribution is 9.10. The molecule has 1 fully saturated rings. The summed E-state index contributed by atoms with van der Waals surface area (Å²) in [7, 11) is 0. The fraction of sp³-hybridized carbons (Fsp3) is 0.364. The first-order valence-electron chi connectivity index (χ1n) is 4.40. The highest BCUT2D eigenvalue weighted by Gasteiger charge is 2.43. The molecule has 1 nitrogen and oxygen atoms in total. The van der Waals surface area contributed by atoms with Crippen LogP contribution in [0.25, 0.3) is 0 Å². The van der Waals surface area contributed by atoms with E-state index >= 15 is 0 Å². The molecule has 13 heavy (non-hydrogen) atoms. The van der Waals surface area contributed by atoms with Crippen molar-refractivity contribution in [2.24, 2.45) is 5.41 Å². The normalized spacial score (nSPS) is 17.8. The van der Waals surface area contributed by atoms with Gasteiger partial charge in [-0.2, -0.15) is 5.26 Å². The molecule has 1 saturated carbocycles. The molecule has 0 unspecified atom stereocenters. The predicted octanol–water partition coefficient (Wildman–Crippen LogP) is 3.30. The fourth-order valence-electron chi connectivity index (χ4n) is 1.49. The smallest absolute Gasteiger partial charge is 0.0693 e. The first-order valence-corrected chi connectivity index (χ1v) is 5.20. The first kappa shape index (κ1) is 8.77. The van der Waals surface area contributed by atoms with Crippen LogP contribution in [-0.2, 0) is 6.42 Å². The SMILES string of the molecule is N#CC1(Cc2ccccc2Br)CC1. The topological polar surface area (TPSA) is 23.8 Å². The zero-order valence-corrected chi connectivity index (χ0v) is 8.84. The molecule has 0 radical (unpaired) electrons. The van der Waals surface area contributed by atoms with Gasteiger partial charge in [-0.3, -0.25) is 0 Å². The summed E-state index contributed by atoms with van der Waals surface area (Å²) < 4.78 is 1.12. The van der Waals surface area contributed by atoms with E-state index in [9.17, 15) is 0 Å². The van der Waals surface area contributed by atoms with Crippen molar-refractivity contribution in [3.63, 3.8) is 0 Å². The summed E-state index contributed by atoms with van der Waals surface area (Å²) >= 11 is 3.50. The van der Waals surface area contributed by atoms with Gasteiger partial charge in [-0.15, -0.1) is 0 Å². The van der Waals surface area contributed by atoms with Crippen LogP contribution in [0.3, 0.4) is 0 Å². The molecule has 1 aliphatic carbocycles. The number of halogens is 1. The van der Waals surface area contributed by atoms with Crippen LogP contribution in [0.1, 0.15) is 18.4 Å². The number of hydrogen-bond donors (Lipinski definition) is 0. The average Bonchev–Trinajstić information content (AvgIpc) is 2.90. The monoisotopic (exact) mass is 235 g/mol. The zero-order chi connectivity index (χ0) is 9.31. The number of rotatable bonds is 2. The summed E-state index contributed by atoms with van der Waals surface area (Å²) in [5, 5.41) is 8.94. The largest absolute Gasteiger partial charge is 0.198 e. The Labute approximate surface area is 86.5 Å². The van der Waals surface area contributed by atoms with Crippen LogP contribution >= 0.6 is 15.9 Å². The van der Waals surface area contributed by atoms with Crippen molar-refractivity contribution >= 4 is 15.9 Å². The van der Waals surface area contributed by atoms with Crippen molar-refractivity contribution in [2.75, 3.05) is 0 Å². The van der Waals surface area contributed by atoms with E-state index in [-0.39, 0.29) is 5.41 Å². The summed E-state index contributed by atoms with van der Waals surface area (Å²) in [6.45, 7) is 0. The van der Waals surface area contributed by atoms with Gasteiger partial charge in [0, 0.05) is 4.47 Å². The summed E-state index contributed by atoms with van der Waals surface area (Å²) in [5.74, 6) is 0. The third-order valence-electron chi connectivity index (χ3n) is 2.58. The first-order chi connectivity index (χ1) is 6.26. The molecule has 0 bridgehead atoms. The molecule has 1 aromatic carbocycles. The molecule has 0 heterocycles. The molecule has 66 valence electrons. The number of hydrogen-bond acceptors (Lipinski definition) is 1. The van der Waals surface area contributed by atoms with Crippen LogP contribution in [-0.4, -0.2) is 0 Å². The maximum absolute atomic E-state index is 8.94. The van der Waals surface area contributed by atoms with E-state index in [0.717, 1.165) is 23.7 Å². The quantitative estimate of drug-likeness (QED) is 0.772. The molecule has 2 heteroatoms. The van der Waals surface area contributed by atoms with E-state index in [1.54, 1.807) is 0 Å². The van der Waals surface area contributed by atoms with Crippen molar-refractivity contribution in [3.8, 4) is 6.07 Å². The Hall–Kier alpha value is -0.810. The van der Waals surface area contributed by atoms with Crippen LogP contribution < -0.4 is 0 Å². The van der Waals surface area contributed by atoms with Gasteiger partial charge < -0.3 is 0 Å². The van der Waals surface area contributed by atoms with Gasteiger partial charge in [0.2, 0.25) is 0 Å². The van der Waals surface area contributed by atoms with Gasteiger partial charge in [-0.1, -0.05) is 34.1 Å². The van der Waals surface area contributed by atoms with E-state index in [1.807, 2.05) is 18.2 Å². The van der Waals surface area contributed by atoms with Gasteiger partial charge in [0.1, 0.15) is 0 Å². The molecule has 2 rings (SSSR count). The van der Waals surface area contributed by atoms with Crippen LogP contribution in [0, 0.1) is 16.7 Å². The Morgan fingerprint density at radius 2 is 2.08 bits per heavy atom. The summed E-state index contributed by atoms with van der Waals surface area (Å²) in [5.41, 5.74) is 1.21. The second kappa shape index (κ2) is 3.16. The van der Waals surface area contributed by atoms with E-state index in [2.05, 4.69) is 28.1 Å². The van der Waals surface area contributed by atoms with Gasteiger partial charge in [0.25, 0.3) is 0 Å². The molecule has 0 aromatic heterocycles. The Kier molecular flexibility index (Phi) is 2.13. The third-order valence-corrected chi connectivity index (χ3v) is 3.35. The van der Waals surface area contributed by atoms with E-state index in [4.69, 9.17) is 5.26 Å². The van der Waals surface area contributed by atoms with Crippen LogP contribution in [0.5, 0.6) is 0 Å². The minimum atomic E-state index is -0.0378. The Balaban J connectivity index is 2.20. The third kappa shape index (κ3) is 1.76. The lowest BCUT2D eigenvalue weighted by atomic mass is 9.98. The lowest BCUT2D eigenvalue weighted by Crippen LogP contribution is -2.01. The second-order valence-electron chi connectivity index (χ2n) is 3.66. The van der Waals surface area contributed by atoms with Crippen molar-refractivity contribution in [3.05, 3.63) is 34.3 Å². The molecular weight excluding hydrogens is 226 g/mol. The van der Waals surface area contributed by atoms with Crippen LogP contribution in [0.4, 0.5) is 0 Å². The maximum Gasteiger partial charge on any atom is 0.0693 e. The predicted molar refractivity (Wildman–Crippen MR) is 55.1 cm³/mol. The molecule has 1 aliphatic rings. The number of nitriles is 1. The number of benzene rings is 1. The fourth-order valence-corrected chi connectivity index (χ4v) is 1.91. The Bertz CT molecular complexity index is 361. The second-order valence-corrected chi connectivity index (χ2v) is 4.51. The van der Waals surface area contributed by atoms with Crippen molar-refractivity contribution < 1.29 is 0 Å². The summed E-state index contributed by atoms with van der Waals surface area (Å²) in [4.78, 5) is 0. The maximum atomic E-state index is 8.94. The van der Waals surface area contributed by atoms with E-state index in [1.165, 1.54) is 5.56 Å². The molecule has 1 aromatic rings. The summed E-state index contributed by atoms with van der Waals surface area (Å²) in [6.07, 6.45) is 3.01. The summed E-state index contributed by atoms with van der Waals surface area (Å²) in [6, 6.07) is 10.5.